The summed E-state index contributed by atoms with van der Waals surface area (Å²) in [6.07, 6.45) is 0. The van der Waals surface area contributed by atoms with E-state index in [1.807, 2.05) is 0 Å². The minimum atomic E-state index is -1.24. The zero-order valence-electron chi connectivity index (χ0n) is 21.1. The Bertz CT molecular complexity index is 1440. The van der Waals surface area contributed by atoms with Crippen LogP contribution in [-0.4, -0.2) is 44.7 Å². The molecule has 3 aromatic rings. The van der Waals surface area contributed by atoms with E-state index in [2.05, 4.69) is 0 Å². The lowest BCUT2D eigenvalue weighted by Gasteiger charge is -2.26. The summed E-state index contributed by atoms with van der Waals surface area (Å²) in [6, 6.07) is 10.9. The molecule has 1 N–H and O–H groups in total. The molecule has 0 radical (unpaired) electrons. The molecule has 38 heavy (non-hydrogen) atoms. The number of carbonyl (C=O) groups is 2. The van der Waals surface area contributed by atoms with Gasteiger partial charge in [-0.1, -0.05) is 6.07 Å². The summed E-state index contributed by atoms with van der Waals surface area (Å²) in [4.78, 5) is 27.8. The highest BCUT2D eigenvalue weighted by Gasteiger charge is 2.47. The van der Waals surface area contributed by atoms with Crippen LogP contribution in [0, 0.1) is 11.6 Å². The van der Waals surface area contributed by atoms with Crippen molar-refractivity contribution in [2.75, 3.05) is 32.8 Å². The Morgan fingerprint density at radius 2 is 1.58 bits per heavy atom. The topological polar surface area (TPSA) is 94.5 Å². The number of hydrogen-bond acceptors (Lipinski definition) is 7. The number of ether oxygens (including phenoxy) is 4. The van der Waals surface area contributed by atoms with E-state index >= 15 is 0 Å². The number of benzene rings is 3. The lowest BCUT2D eigenvalue weighted by molar-refractivity contribution is -0.132. The van der Waals surface area contributed by atoms with Gasteiger partial charge in [-0.25, -0.2) is 8.78 Å². The van der Waals surface area contributed by atoms with Crippen molar-refractivity contribution in [1.29, 1.82) is 0 Å². The van der Waals surface area contributed by atoms with Crippen LogP contribution in [0.5, 0.6) is 23.0 Å². The van der Waals surface area contributed by atoms with Gasteiger partial charge in [0.2, 0.25) is 0 Å². The van der Waals surface area contributed by atoms with E-state index in [4.69, 9.17) is 18.9 Å². The summed E-state index contributed by atoms with van der Waals surface area (Å²) in [5, 5.41) is 11.5. The molecule has 4 rings (SSSR count). The van der Waals surface area contributed by atoms with Gasteiger partial charge in [-0.05, 0) is 55.0 Å². The predicted octanol–water partition coefficient (Wildman–Crippen LogP) is 5.02. The fourth-order valence-corrected chi connectivity index (χ4v) is 4.33. The van der Waals surface area contributed by atoms with Gasteiger partial charge >= 0.3 is 0 Å². The third-order valence-corrected chi connectivity index (χ3v) is 6.09. The molecule has 198 valence electrons. The Morgan fingerprint density at radius 3 is 2.21 bits per heavy atom. The molecule has 1 amide bonds. The molecule has 1 saturated heterocycles. The van der Waals surface area contributed by atoms with Gasteiger partial charge in [-0.15, -0.1) is 0 Å². The normalized spacial score (nSPS) is 16.5. The van der Waals surface area contributed by atoms with Crippen molar-refractivity contribution in [3.05, 3.63) is 82.9 Å². The number of aliphatic hydroxyl groups is 1. The van der Waals surface area contributed by atoms with E-state index in [1.165, 1.54) is 39.5 Å². The number of ketones is 1. The summed E-state index contributed by atoms with van der Waals surface area (Å²) in [6.45, 7) is 2.07. The molecule has 1 atom stereocenters. The van der Waals surface area contributed by atoms with E-state index < -0.39 is 35.1 Å². The molecule has 1 heterocycles. The molecule has 10 heteroatoms. The highest BCUT2D eigenvalue weighted by Crippen LogP contribution is 2.45. The third-order valence-electron chi connectivity index (χ3n) is 6.09. The average molecular weight is 526 g/mol. The number of methoxy groups -OCH3 is 3. The maximum Gasteiger partial charge on any atom is 0.300 e. The van der Waals surface area contributed by atoms with Crippen LogP contribution in [0.3, 0.4) is 0 Å². The van der Waals surface area contributed by atoms with Crippen molar-refractivity contribution in [2.24, 2.45) is 0 Å². The van der Waals surface area contributed by atoms with E-state index in [9.17, 15) is 23.5 Å². The Labute approximate surface area is 217 Å². The molecule has 0 bridgehead atoms. The van der Waals surface area contributed by atoms with Gasteiger partial charge in [-0.2, -0.15) is 0 Å². The monoisotopic (exact) mass is 525 g/mol. The van der Waals surface area contributed by atoms with Gasteiger partial charge < -0.3 is 24.1 Å². The summed E-state index contributed by atoms with van der Waals surface area (Å²) < 4.78 is 49.6. The zero-order chi connectivity index (χ0) is 27.6. The second-order valence-corrected chi connectivity index (χ2v) is 8.18. The standard InChI is InChI=1S/C28H25F2NO7/c1-5-38-23-12-15(6-10-22(23)37-4)25-24(26(32)18-14-17(35-2)8-11-21(18)36-3)27(33)28(34)31(25)16-7-9-19(29)20(30)13-16/h6-14,25,32H,5H2,1-4H3/b26-24+. The molecule has 1 unspecified atom stereocenters. The quantitative estimate of drug-likeness (QED) is 0.251. The lowest BCUT2D eigenvalue weighted by atomic mass is 9.94. The van der Waals surface area contributed by atoms with E-state index in [1.54, 1.807) is 31.2 Å². The highest BCUT2D eigenvalue weighted by atomic mass is 19.2. The first-order valence-electron chi connectivity index (χ1n) is 11.5. The number of rotatable bonds is 8. The van der Waals surface area contributed by atoms with Gasteiger partial charge in [0.05, 0.1) is 45.1 Å². The van der Waals surface area contributed by atoms with Crippen LogP contribution >= 0.6 is 0 Å². The van der Waals surface area contributed by atoms with E-state index in [0.717, 1.165) is 17.0 Å². The van der Waals surface area contributed by atoms with Crippen LogP contribution < -0.4 is 23.8 Å². The Hall–Kier alpha value is -4.60. The van der Waals surface area contributed by atoms with Crippen molar-refractivity contribution in [1.82, 2.24) is 0 Å². The number of aliphatic hydroxyl groups excluding tert-OH is 1. The average Bonchev–Trinajstić information content (AvgIpc) is 3.19. The number of halogens is 2. The largest absolute Gasteiger partial charge is 0.507 e. The number of anilines is 1. The van der Waals surface area contributed by atoms with Crippen LogP contribution in [0.4, 0.5) is 14.5 Å². The number of Topliss-reactive ketones (excluding diaryl/α,β-unsaturated/α-hetero) is 1. The van der Waals surface area contributed by atoms with Crippen LogP contribution in [0.1, 0.15) is 24.1 Å². The molecule has 1 aliphatic heterocycles. The van der Waals surface area contributed by atoms with Crippen LogP contribution in [0.15, 0.2) is 60.2 Å². The Kier molecular flexibility index (Phi) is 7.52. The smallest absolute Gasteiger partial charge is 0.300 e. The molecular weight excluding hydrogens is 500 g/mol. The number of nitrogens with zero attached hydrogens (tertiary/aromatic N) is 1. The summed E-state index contributed by atoms with van der Waals surface area (Å²) in [5.74, 6) is -3.64. The second kappa shape index (κ2) is 10.8. The minimum Gasteiger partial charge on any atom is -0.507 e. The van der Waals surface area contributed by atoms with Gasteiger partial charge in [0.1, 0.15) is 17.3 Å². The number of hydrogen-bond donors (Lipinski definition) is 1. The molecular formula is C28H25F2NO7. The molecule has 0 aliphatic carbocycles. The molecule has 0 saturated carbocycles. The third kappa shape index (κ3) is 4.60. The number of amides is 1. The van der Waals surface area contributed by atoms with E-state index in [0.29, 0.717) is 29.4 Å². The summed E-state index contributed by atoms with van der Waals surface area (Å²) in [5.41, 5.74) is 0.0700. The SMILES string of the molecule is CCOc1cc(C2/C(=C(\O)c3cc(OC)ccc3OC)C(=O)C(=O)N2c2ccc(F)c(F)c2)ccc1OC. The lowest BCUT2D eigenvalue weighted by Crippen LogP contribution is -2.29. The van der Waals surface area contributed by atoms with Crippen molar-refractivity contribution in [3.63, 3.8) is 0 Å². The van der Waals surface area contributed by atoms with Crippen LogP contribution in [-0.2, 0) is 9.59 Å². The fraction of sp³-hybridized carbons (Fsp3) is 0.214. The first-order valence-corrected chi connectivity index (χ1v) is 11.5. The maximum absolute atomic E-state index is 14.2. The van der Waals surface area contributed by atoms with Gasteiger partial charge in [-0.3, -0.25) is 14.5 Å². The second-order valence-electron chi connectivity index (χ2n) is 8.18. The zero-order valence-corrected chi connectivity index (χ0v) is 21.1. The van der Waals surface area contributed by atoms with Gasteiger partial charge in [0.15, 0.2) is 23.1 Å². The van der Waals surface area contributed by atoms with Gasteiger partial charge in [0.25, 0.3) is 11.7 Å². The van der Waals surface area contributed by atoms with Crippen molar-refractivity contribution in [2.45, 2.75) is 13.0 Å². The van der Waals surface area contributed by atoms with Gasteiger partial charge in [0, 0.05) is 11.8 Å². The summed E-state index contributed by atoms with van der Waals surface area (Å²) in [7, 11) is 4.27. The van der Waals surface area contributed by atoms with Crippen molar-refractivity contribution >= 4 is 23.1 Å². The Balaban J connectivity index is 2.02. The maximum atomic E-state index is 14.2. The first-order chi connectivity index (χ1) is 18.2. The molecule has 0 spiro atoms. The summed E-state index contributed by atoms with van der Waals surface area (Å²) >= 11 is 0. The minimum absolute atomic E-state index is 0.0820. The molecule has 1 fully saturated rings. The van der Waals surface area contributed by atoms with Crippen molar-refractivity contribution < 1.29 is 42.4 Å². The molecule has 8 nitrogen and oxygen atoms in total. The highest BCUT2D eigenvalue weighted by molar-refractivity contribution is 6.51. The first kappa shape index (κ1) is 26.5. The van der Waals surface area contributed by atoms with Crippen LogP contribution in [0.2, 0.25) is 0 Å². The van der Waals surface area contributed by atoms with Crippen molar-refractivity contribution in [3.8, 4) is 23.0 Å². The Morgan fingerprint density at radius 1 is 0.868 bits per heavy atom. The molecule has 3 aromatic carbocycles. The van der Waals surface area contributed by atoms with E-state index in [-0.39, 0.29) is 22.6 Å². The predicted molar refractivity (Wildman–Crippen MR) is 135 cm³/mol. The number of carbonyl (C=O) groups excluding carboxylic acids is 2. The molecule has 1 aliphatic rings. The fourth-order valence-electron chi connectivity index (χ4n) is 4.33. The molecule has 0 aromatic heterocycles. The van der Waals surface area contributed by atoms with Crippen LogP contribution in [0.25, 0.3) is 5.76 Å².